The summed E-state index contributed by atoms with van der Waals surface area (Å²) in [6.45, 7) is 8.63. The highest BCUT2D eigenvalue weighted by Gasteiger charge is 2.82. The van der Waals surface area contributed by atoms with Crippen LogP contribution in [0.15, 0.2) is 11.3 Å². The van der Waals surface area contributed by atoms with Gasteiger partial charge in [-0.3, -0.25) is 0 Å². The van der Waals surface area contributed by atoms with Gasteiger partial charge in [-0.25, -0.2) is 0 Å². The smallest absolute Gasteiger partial charge is 0.153 e. The van der Waals surface area contributed by atoms with E-state index < -0.39 is 11.2 Å². The quantitative estimate of drug-likeness (QED) is 0.636. The molecule has 1 spiro atoms. The lowest BCUT2D eigenvalue weighted by molar-refractivity contribution is -0.143. The van der Waals surface area contributed by atoms with E-state index in [1.54, 1.807) is 0 Å². The standard InChI is InChI=1S/C22H31NO3/c1-18-8-6-16-14(15(18)7-9-20(18,3)25)5-10-22-19(16,2)11-13(12-23)17(24)21(22,4)26-22/h14-16,24-25H,5-11H2,1-4H3/t14?,15?,16?,18-,19+,20-,21+,22-/m0/s1. The fraction of sp³-hybridized carbons (Fsp3) is 0.864. The minimum atomic E-state index is -0.669. The van der Waals surface area contributed by atoms with Gasteiger partial charge in [-0.2, -0.15) is 5.26 Å². The lowest BCUT2D eigenvalue weighted by atomic mass is 9.43. The number of hydrogen-bond donors (Lipinski definition) is 2. The van der Waals surface area contributed by atoms with Gasteiger partial charge in [-0.15, -0.1) is 0 Å². The molecule has 1 saturated heterocycles. The Morgan fingerprint density at radius 1 is 1.00 bits per heavy atom. The Labute approximate surface area is 156 Å². The summed E-state index contributed by atoms with van der Waals surface area (Å²) in [5.74, 6) is 1.83. The fourth-order valence-corrected chi connectivity index (χ4v) is 8.30. The van der Waals surface area contributed by atoms with Gasteiger partial charge in [-0.05, 0) is 82.0 Å². The van der Waals surface area contributed by atoms with E-state index in [0.717, 1.165) is 38.5 Å². The van der Waals surface area contributed by atoms with Crippen molar-refractivity contribution in [2.75, 3.05) is 0 Å². The summed E-state index contributed by atoms with van der Waals surface area (Å²) >= 11 is 0. The average molecular weight is 357 g/mol. The summed E-state index contributed by atoms with van der Waals surface area (Å²) in [6.07, 6.45) is 6.85. The van der Waals surface area contributed by atoms with Crippen molar-refractivity contribution in [2.45, 2.75) is 89.4 Å². The van der Waals surface area contributed by atoms with E-state index in [-0.39, 0.29) is 22.2 Å². The molecule has 142 valence electrons. The predicted octanol–water partition coefficient (Wildman–Crippen LogP) is 4.25. The first-order chi connectivity index (χ1) is 12.1. The molecule has 4 aliphatic carbocycles. The number of epoxide rings is 1. The molecule has 1 heterocycles. The fourth-order valence-electron chi connectivity index (χ4n) is 8.30. The van der Waals surface area contributed by atoms with E-state index in [9.17, 15) is 15.5 Å². The molecular weight excluding hydrogens is 326 g/mol. The van der Waals surface area contributed by atoms with Gasteiger partial charge in [-0.1, -0.05) is 13.8 Å². The van der Waals surface area contributed by atoms with Crippen molar-refractivity contribution in [3.05, 3.63) is 11.3 Å². The summed E-state index contributed by atoms with van der Waals surface area (Å²) in [4.78, 5) is 0. The highest BCUT2D eigenvalue weighted by molar-refractivity contribution is 5.46. The van der Waals surface area contributed by atoms with Crippen LogP contribution in [0.2, 0.25) is 0 Å². The third-order valence-electron chi connectivity index (χ3n) is 10.1. The maximum Gasteiger partial charge on any atom is 0.153 e. The van der Waals surface area contributed by atoms with Gasteiger partial charge in [0.05, 0.1) is 17.2 Å². The number of ether oxygens (including phenoxy) is 1. The van der Waals surface area contributed by atoms with Crippen LogP contribution in [-0.4, -0.2) is 27.0 Å². The van der Waals surface area contributed by atoms with E-state index in [0.29, 0.717) is 29.7 Å². The third kappa shape index (κ3) is 1.53. The van der Waals surface area contributed by atoms with Crippen LogP contribution in [0.1, 0.15) is 72.6 Å². The molecule has 5 aliphatic rings. The maximum absolute atomic E-state index is 11.0. The van der Waals surface area contributed by atoms with Crippen LogP contribution in [0.5, 0.6) is 0 Å². The Kier molecular flexibility index (Phi) is 2.95. The van der Waals surface area contributed by atoms with Crippen LogP contribution in [0, 0.1) is 39.9 Å². The lowest BCUT2D eigenvalue weighted by Crippen LogP contribution is -2.60. The summed E-state index contributed by atoms with van der Waals surface area (Å²) in [5.41, 5.74) is -1.11. The Bertz CT molecular complexity index is 766. The second kappa shape index (κ2) is 4.50. The van der Waals surface area contributed by atoms with Crippen molar-refractivity contribution in [1.29, 1.82) is 5.26 Å². The summed E-state index contributed by atoms with van der Waals surface area (Å²) in [7, 11) is 0. The first-order valence-electron chi connectivity index (χ1n) is 10.3. The molecule has 4 heteroatoms. The number of allylic oxidation sites excluding steroid dienone is 1. The maximum atomic E-state index is 11.0. The molecule has 26 heavy (non-hydrogen) atoms. The van der Waals surface area contributed by atoms with Gasteiger partial charge < -0.3 is 14.9 Å². The molecule has 4 fully saturated rings. The molecule has 1 aliphatic heterocycles. The first-order valence-corrected chi connectivity index (χ1v) is 10.3. The van der Waals surface area contributed by atoms with Crippen LogP contribution < -0.4 is 0 Å². The Hall–Kier alpha value is -1.05. The summed E-state index contributed by atoms with van der Waals surface area (Å²) < 4.78 is 6.32. The number of nitrogens with zero attached hydrogens (tertiary/aromatic N) is 1. The molecule has 0 aromatic carbocycles. The molecule has 0 bridgehead atoms. The molecule has 8 atom stereocenters. The normalized spacial score (nSPS) is 60.4. The highest BCUT2D eigenvalue weighted by Crippen LogP contribution is 2.77. The summed E-state index contributed by atoms with van der Waals surface area (Å²) in [6, 6.07) is 2.26. The Balaban J connectivity index is 1.57. The number of hydrogen-bond acceptors (Lipinski definition) is 4. The van der Waals surface area contributed by atoms with Crippen LogP contribution >= 0.6 is 0 Å². The van der Waals surface area contributed by atoms with Gasteiger partial charge in [0.15, 0.2) is 5.60 Å². The zero-order chi connectivity index (χ0) is 18.8. The minimum Gasteiger partial charge on any atom is -0.508 e. The second-order valence-electron chi connectivity index (χ2n) is 10.7. The van der Waals surface area contributed by atoms with Crippen molar-refractivity contribution < 1.29 is 14.9 Å². The van der Waals surface area contributed by atoms with Gasteiger partial charge in [0.2, 0.25) is 0 Å². The van der Waals surface area contributed by atoms with E-state index >= 15 is 0 Å². The van der Waals surface area contributed by atoms with Crippen molar-refractivity contribution >= 4 is 0 Å². The van der Waals surface area contributed by atoms with Crippen molar-refractivity contribution in [3.63, 3.8) is 0 Å². The van der Waals surface area contributed by atoms with E-state index in [4.69, 9.17) is 4.74 Å². The van der Waals surface area contributed by atoms with E-state index in [1.165, 1.54) is 0 Å². The van der Waals surface area contributed by atoms with Gasteiger partial charge in [0.25, 0.3) is 0 Å². The molecule has 3 unspecified atom stereocenters. The first kappa shape index (κ1) is 17.1. The molecule has 0 aromatic heterocycles. The van der Waals surface area contributed by atoms with Crippen molar-refractivity contribution in [3.8, 4) is 6.07 Å². The molecule has 2 N–H and O–H groups in total. The number of aliphatic hydroxyl groups excluding tert-OH is 1. The van der Waals surface area contributed by atoms with Crippen LogP contribution in [-0.2, 0) is 4.74 Å². The topological polar surface area (TPSA) is 76.8 Å². The Morgan fingerprint density at radius 3 is 2.35 bits per heavy atom. The zero-order valence-electron chi connectivity index (χ0n) is 16.4. The molecule has 4 nitrogen and oxygen atoms in total. The molecular formula is C22H31NO3. The largest absolute Gasteiger partial charge is 0.508 e. The van der Waals surface area contributed by atoms with Gasteiger partial charge in [0.1, 0.15) is 11.4 Å². The zero-order valence-corrected chi connectivity index (χ0v) is 16.4. The molecule has 5 rings (SSSR count). The minimum absolute atomic E-state index is 0.00739. The highest BCUT2D eigenvalue weighted by atomic mass is 16.6. The number of rotatable bonds is 0. The monoisotopic (exact) mass is 357 g/mol. The average Bonchev–Trinajstić information content (AvgIpc) is 3.14. The van der Waals surface area contributed by atoms with Crippen LogP contribution in [0.3, 0.4) is 0 Å². The number of aliphatic hydroxyl groups is 2. The van der Waals surface area contributed by atoms with Crippen LogP contribution in [0.4, 0.5) is 0 Å². The molecule has 3 saturated carbocycles. The van der Waals surface area contributed by atoms with E-state index in [2.05, 4.69) is 19.9 Å². The summed E-state index contributed by atoms with van der Waals surface area (Å²) in [5, 5.41) is 31.3. The predicted molar refractivity (Wildman–Crippen MR) is 97.1 cm³/mol. The van der Waals surface area contributed by atoms with E-state index in [1.807, 2.05) is 13.8 Å². The SMILES string of the molecule is C[C@]1(O)CCC2C3CC[C@@]45O[C@]4(C)C(O)=C(C#N)C[C@]5(C)C3CC[C@@]21C. The second-order valence-corrected chi connectivity index (χ2v) is 10.7. The third-order valence-corrected chi connectivity index (χ3v) is 10.1. The molecule has 0 amide bonds. The molecule has 0 aromatic rings. The number of fused-ring (bicyclic) bond motifs is 4. The number of nitriles is 1. The molecule has 0 radical (unpaired) electrons. The van der Waals surface area contributed by atoms with Crippen molar-refractivity contribution in [1.82, 2.24) is 0 Å². The van der Waals surface area contributed by atoms with Gasteiger partial charge >= 0.3 is 0 Å². The van der Waals surface area contributed by atoms with Crippen LogP contribution in [0.25, 0.3) is 0 Å². The lowest BCUT2D eigenvalue weighted by Gasteiger charge is -2.60. The van der Waals surface area contributed by atoms with Gasteiger partial charge in [0, 0.05) is 5.41 Å². The van der Waals surface area contributed by atoms with Crippen molar-refractivity contribution in [2.24, 2.45) is 28.6 Å². The Morgan fingerprint density at radius 2 is 1.65 bits per heavy atom.